The average molecular weight is 565 g/mol. The van der Waals surface area contributed by atoms with E-state index >= 15 is 0 Å². The molecule has 2 aromatic rings. The molecule has 0 saturated heterocycles. The van der Waals surface area contributed by atoms with Crippen LogP contribution < -0.4 is 20.7 Å². The molecule has 0 spiro atoms. The molecule has 216 valence electrons. The Kier molecular flexibility index (Phi) is 7.64. The summed E-state index contributed by atoms with van der Waals surface area (Å²) in [7, 11) is 0. The number of nitrogens with one attached hydrogen (secondary N) is 3. The highest BCUT2D eigenvalue weighted by molar-refractivity contribution is 6.00. The lowest BCUT2D eigenvalue weighted by Crippen LogP contribution is -2.48. The zero-order chi connectivity index (χ0) is 28.5. The molecule has 1 heterocycles. The molecule has 3 unspecified atom stereocenters. The number of amidine groups is 1. The number of aliphatic imine (C=N–C) groups is 2. The second-order valence-corrected chi connectivity index (χ2v) is 11.9. The number of benzene rings is 2. The van der Waals surface area contributed by atoms with E-state index in [1.165, 1.54) is 43.4 Å². The Morgan fingerprint density at radius 3 is 2.46 bits per heavy atom. The summed E-state index contributed by atoms with van der Waals surface area (Å²) in [6, 6.07) is 19.5. The zero-order valence-corrected chi connectivity index (χ0v) is 22.8. The van der Waals surface area contributed by atoms with Crippen LogP contribution in [0.2, 0.25) is 0 Å². The number of nitrogens with zero attached hydrogens (tertiary/aromatic N) is 3. The fourth-order valence-electron chi connectivity index (χ4n) is 7.70. The minimum atomic E-state index is -4.77. The van der Waals surface area contributed by atoms with Crippen molar-refractivity contribution in [1.29, 1.82) is 5.26 Å². The molecule has 4 fully saturated rings. The Labute approximate surface area is 238 Å². The minimum Gasteiger partial charge on any atom is -0.405 e. The van der Waals surface area contributed by atoms with Gasteiger partial charge in [0, 0.05) is 24.7 Å². The molecule has 0 amide bonds. The maximum atomic E-state index is 12.8. The molecule has 6 atom stereocenters. The van der Waals surface area contributed by atoms with Gasteiger partial charge in [-0.05, 0) is 73.4 Å². The lowest BCUT2D eigenvalue weighted by atomic mass is 9.72. The van der Waals surface area contributed by atoms with Gasteiger partial charge in [-0.25, -0.2) is 4.99 Å². The van der Waals surface area contributed by atoms with E-state index in [1.54, 1.807) is 12.1 Å². The maximum Gasteiger partial charge on any atom is 0.573 e. The average Bonchev–Trinajstić information content (AvgIpc) is 3.40. The van der Waals surface area contributed by atoms with Gasteiger partial charge in [-0.3, -0.25) is 0 Å². The quantitative estimate of drug-likeness (QED) is 0.407. The van der Waals surface area contributed by atoms with Crippen LogP contribution in [0, 0.1) is 40.4 Å². The summed E-state index contributed by atoms with van der Waals surface area (Å²) in [5.41, 5.74) is 1.93. The second kappa shape index (κ2) is 11.4. The van der Waals surface area contributed by atoms with Crippen molar-refractivity contribution in [3.63, 3.8) is 0 Å². The first-order chi connectivity index (χ1) is 19.8. The number of halogens is 3. The monoisotopic (exact) mass is 564 g/mol. The van der Waals surface area contributed by atoms with Crippen LogP contribution in [0.15, 0.2) is 64.6 Å². The summed E-state index contributed by atoms with van der Waals surface area (Å²) in [5, 5.41) is 20.2. The van der Waals surface area contributed by atoms with E-state index < -0.39 is 12.3 Å². The van der Waals surface area contributed by atoms with Crippen molar-refractivity contribution in [2.45, 2.75) is 51.1 Å². The third-order valence-corrected chi connectivity index (χ3v) is 9.42. The summed E-state index contributed by atoms with van der Waals surface area (Å²) < 4.78 is 42.5. The highest BCUT2D eigenvalue weighted by atomic mass is 19.4. The number of hydrogen-bond donors (Lipinski definition) is 3. The fraction of sp³-hybridized carbons (Fsp3) is 0.516. The molecular formula is C31H35F3N6O. The number of guanidine groups is 1. The molecule has 2 aromatic carbocycles. The van der Waals surface area contributed by atoms with Gasteiger partial charge in [0.15, 0.2) is 0 Å². The standard InChI is InChI=1S/C31H35F3N6O/c32-31(33,34)41-26-9-5-4-8-21(26)17-37-29-38-18-24(16-35)28(40-29)39-19-30-14-22-12-25(30)13-23(15-30)27(22)36-11-10-20-6-2-1-3-7-20/h1-9,22-25,27,36H,10-15,17-19H2,(H2,37,38,39,40)/t22-,23+,24?,25?,27-,30?. The molecule has 3 N–H and O–H groups in total. The van der Waals surface area contributed by atoms with Crippen LogP contribution in [0.1, 0.15) is 36.8 Å². The zero-order valence-electron chi connectivity index (χ0n) is 22.8. The molecule has 0 radical (unpaired) electrons. The number of hydrogen-bond acceptors (Lipinski definition) is 7. The van der Waals surface area contributed by atoms with Crippen LogP contribution in [0.3, 0.4) is 0 Å². The molecule has 0 aromatic heterocycles. The van der Waals surface area contributed by atoms with Crippen LogP contribution in [-0.2, 0) is 13.0 Å². The van der Waals surface area contributed by atoms with Gasteiger partial charge in [-0.15, -0.1) is 13.2 Å². The smallest absolute Gasteiger partial charge is 0.405 e. The van der Waals surface area contributed by atoms with Gasteiger partial charge in [-0.2, -0.15) is 10.3 Å². The number of nitriles is 1. The van der Waals surface area contributed by atoms with Crippen LogP contribution >= 0.6 is 0 Å². The molecule has 7 rings (SSSR count). The lowest BCUT2D eigenvalue weighted by molar-refractivity contribution is -0.274. The van der Waals surface area contributed by atoms with E-state index in [-0.39, 0.29) is 24.3 Å². The van der Waals surface area contributed by atoms with E-state index in [1.807, 2.05) is 0 Å². The first-order valence-corrected chi connectivity index (χ1v) is 14.4. The van der Waals surface area contributed by atoms with Crippen molar-refractivity contribution in [3.8, 4) is 11.8 Å². The molecule has 1 aliphatic heterocycles. The van der Waals surface area contributed by atoms with Gasteiger partial charge in [0.05, 0.1) is 12.6 Å². The van der Waals surface area contributed by atoms with Crippen LogP contribution in [0.4, 0.5) is 13.2 Å². The second-order valence-electron chi connectivity index (χ2n) is 11.9. The normalized spacial score (nSPS) is 30.0. The SMILES string of the molecule is N#CC1CN=C(NCc2ccccc2OC(F)(F)F)N=C1NCC12C[C@H]3CC1C[C@@H](C2)[C@@H]3NCCc1ccccc1. The van der Waals surface area contributed by atoms with Crippen molar-refractivity contribution in [1.82, 2.24) is 16.0 Å². The highest BCUT2D eigenvalue weighted by Gasteiger charge is 2.61. The Bertz CT molecular complexity index is 1320. The third kappa shape index (κ3) is 6.05. The summed E-state index contributed by atoms with van der Waals surface area (Å²) in [6.45, 7) is 2.10. The minimum absolute atomic E-state index is 0.0626. The number of alkyl halides is 3. The van der Waals surface area contributed by atoms with E-state index in [9.17, 15) is 18.4 Å². The number of rotatable bonds is 9. The molecule has 7 nitrogen and oxygen atoms in total. The summed E-state index contributed by atoms with van der Waals surface area (Å²) >= 11 is 0. The Hall–Kier alpha value is -3.58. The van der Waals surface area contributed by atoms with E-state index in [0.29, 0.717) is 41.2 Å². The van der Waals surface area contributed by atoms with Crippen LogP contribution in [-0.4, -0.2) is 43.8 Å². The van der Waals surface area contributed by atoms with Gasteiger partial charge in [0.1, 0.15) is 17.5 Å². The Morgan fingerprint density at radius 2 is 1.73 bits per heavy atom. The highest BCUT2D eigenvalue weighted by Crippen LogP contribution is 2.65. The van der Waals surface area contributed by atoms with Crippen molar-refractivity contribution in [2.75, 3.05) is 19.6 Å². The van der Waals surface area contributed by atoms with E-state index in [2.05, 4.69) is 67.1 Å². The molecule has 5 aliphatic rings. The van der Waals surface area contributed by atoms with Gasteiger partial charge < -0.3 is 20.7 Å². The number of ether oxygens (including phenoxy) is 1. The predicted molar refractivity (Wildman–Crippen MR) is 150 cm³/mol. The van der Waals surface area contributed by atoms with Crippen molar-refractivity contribution < 1.29 is 17.9 Å². The van der Waals surface area contributed by atoms with Crippen molar-refractivity contribution in [2.24, 2.45) is 39.1 Å². The first-order valence-electron chi connectivity index (χ1n) is 14.4. The van der Waals surface area contributed by atoms with Gasteiger partial charge in [0.25, 0.3) is 0 Å². The van der Waals surface area contributed by atoms with Crippen molar-refractivity contribution in [3.05, 3.63) is 65.7 Å². The lowest BCUT2D eigenvalue weighted by Gasteiger charge is -2.39. The largest absolute Gasteiger partial charge is 0.573 e. The van der Waals surface area contributed by atoms with Crippen molar-refractivity contribution >= 4 is 11.8 Å². The van der Waals surface area contributed by atoms with Crippen LogP contribution in [0.25, 0.3) is 0 Å². The summed E-state index contributed by atoms with van der Waals surface area (Å²) in [4.78, 5) is 8.95. The third-order valence-electron chi connectivity index (χ3n) is 9.42. The maximum absolute atomic E-state index is 12.8. The topological polar surface area (TPSA) is 93.8 Å². The van der Waals surface area contributed by atoms with E-state index in [0.717, 1.165) is 19.5 Å². The molecule has 41 heavy (non-hydrogen) atoms. The summed E-state index contributed by atoms with van der Waals surface area (Å²) in [5.74, 6) is 2.21. The predicted octanol–water partition coefficient (Wildman–Crippen LogP) is 4.81. The Morgan fingerprint density at radius 1 is 1.00 bits per heavy atom. The molecular weight excluding hydrogens is 529 g/mol. The van der Waals surface area contributed by atoms with Gasteiger partial charge >= 0.3 is 6.36 Å². The molecule has 4 bridgehead atoms. The van der Waals surface area contributed by atoms with E-state index in [4.69, 9.17) is 0 Å². The molecule has 4 saturated carbocycles. The number of para-hydroxylation sites is 1. The Balaban J connectivity index is 1.05. The molecule has 4 aliphatic carbocycles. The fourth-order valence-corrected chi connectivity index (χ4v) is 7.70. The van der Waals surface area contributed by atoms with Crippen LogP contribution in [0.5, 0.6) is 5.75 Å². The molecule has 10 heteroatoms. The van der Waals surface area contributed by atoms with Gasteiger partial charge in [0.2, 0.25) is 5.96 Å². The first kappa shape index (κ1) is 27.6. The summed E-state index contributed by atoms with van der Waals surface area (Å²) in [6.07, 6.45) is 1.14. The van der Waals surface area contributed by atoms with Gasteiger partial charge in [-0.1, -0.05) is 48.5 Å².